The Morgan fingerprint density at radius 2 is 1.69 bits per heavy atom. The maximum atomic E-state index is 6.27. The Kier molecular flexibility index (Phi) is 3.86. The molecule has 1 nitrogen and oxygen atoms in total. The van der Waals surface area contributed by atoms with Crippen molar-refractivity contribution in [2.45, 2.75) is 32.3 Å². The molecule has 1 heteroatoms. The van der Waals surface area contributed by atoms with Gasteiger partial charge in [0.25, 0.3) is 0 Å². The predicted octanol–water partition coefficient (Wildman–Crippen LogP) is 4.39. The Hall–Kier alpha value is -2.80. The minimum atomic E-state index is 0.605. The lowest BCUT2D eigenvalue weighted by Crippen LogP contribution is -2.34. The van der Waals surface area contributed by atoms with E-state index in [0.29, 0.717) is 6.61 Å². The molecule has 3 aromatic rings. The van der Waals surface area contributed by atoms with Crippen LogP contribution in [-0.4, -0.2) is 0 Å². The second-order valence-electron chi connectivity index (χ2n) is 7.17. The summed E-state index contributed by atoms with van der Waals surface area (Å²) in [5.41, 5.74) is 6.66. The van der Waals surface area contributed by atoms with Crippen molar-refractivity contribution in [3.05, 3.63) is 87.8 Å². The molecule has 0 saturated carbocycles. The number of aryl methyl sites for hydroxylation is 1. The lowest BCUT2D eigenvalue weighted by Gasteiger charge is -2.21. The summed E-state index contributed by atoms with van der Waals surface area (Å²) >= 11 is 0. The molecular weight excluding hydrogens is 316 g/mol. The molecule has 0 radical (unpaired) electrons. The van der Waals surface area contributed by atoms with Gasteiger partial charge in [0.2, 0.25) is 0 Å². The first-order valence-corrected chi connectivity index (χ1v) is 9.51. The molecule has 0 unspecified atom stereocenters. The monoisotopic (exact) mass is 338 g/mol. The third-order valence-electron chi connectivity index (χ3n) is 5.52. The molecule has 0 N–H and O–H groups in total. The van der Waals surface area contributed by atoms with Crippen LogP contribution in [0, 0.1) is 0 Å². The molecule has 2 aliphatic carbocycles. The molecule has 0 amide bonds. The molecule has 0 spiro atoms. The van der Waals surface area contributed by atoms with Gasteiger partial charge in [-0.15, -0.1) is 0 Å². The predicted molar refractivity (Wildman–Crippen MR) is 107 cm³/mol. The Bertz CT molecular complexity index is 1080. The standard InChI is InChI=1S/C25H22O/c1-2-7-18(8-3-1)17-26-24-12-6-10-20-14-15-22-21-11-5-4-9-19(21)13-16-23(22)25(20)24/h1-3,6-8,10-13,15-16H,4-5,9,14,17H2. The number of fused-ring (bicyclic) bond motifs is 5. The first-order valence-electron chi connectivity index (χ1n) is 9.51. The second-order valence-corrected chi connectivity index (χ2v) is 7.17. The maximum Gasteiger partial charge on any atom is 0.127 e. The number of ether oxygens (including phenoxy) is 1. The van der Waals surface area contributed by atoms with Gasteiger partial charge in [0, 0.05) is 5.56 Å². The second kappa shape index (κ2) is 6.49. The van der Waals surface area contributed by atoms with Gasteiger partial charge in [0.1, 0.15) is 12.4 Å². The van der Waals surface area contributed by atoms with E-state index >= 15 is 0 Å². The molecule has 0 saturated heterocycles. The van der Waals surface area contributed by atoms with E-state index in [1.165, 1.54) is 57.5 Å². The first-order chi connectivity index (χ1) is 12.9. The number of hydrogen-bond acceptors (Lipinski definition) is 1. The van der Waals surface area contributed by atoms with E-state index in [0.717, 1.165) is 12.2 Å². The van der Waals surface area contributed by atoms with Crippen molar-refractivity contribution in [3.63, 3.8) is 0 Å². The van der Waals surface area contributed by atoms with E-state index in [2.05, 4.69) is 66.7 Å². The summed E-state index contributed by atoms with van der Waals surface area (Å²) in [6, 6.07) is 21.5. The van der Waals surface area contributed by atoms with Crippen LogP contribution in [0.5, 0.6) is 5.75 Å². The van der Waals surface area contributed by atoms with Gasteiger partial charge in [0.15, 0.2) is 0 Å². The van der Waals surface area contributed by atoms with Crippen LogP contribution in [0.3, 0.4) is 0 Å². The maximum absolute atomic E-state index is 6.27. The average Bonchev–Trinajstić information content (AvgIpc) is 2.72. The molecular formula is C25H22O. The van der Waals surface area contributed by atoms with E-state index in [1.54, 1.807) is 0 Å². The van der Waals surface area contributed by atoms with Crippen molar-refractivity contribution in [2.75, 3.05) is 0 Å². The van der Waals surface area contributed by atoms with Crippen LogP contribution in [0.25, 0.3) is 23.3 Å². The number of rotatable bonds is 3. The van der Waals surface area contributed by atoms with E-state index in [1.807, 2.05) is 6.07 Å². The van der Waals surface area contributed by atoms with Crippen LogP contribution < -0.4 is 15.2 Å². The highest BCUT2D eigenvalue weighted by molar-refractivity contribution is 5.79. The highest BCUT2D eigenvalue weighted by atomic mass is 16.5. The lowest BCUT2D eigenvalue weighted by molar-refractivity contribution is 0.307. The van der Waals surface area contributed by atoms with Crippen molar-refractivity contribution in [2.24, 2.45) is 0 Å². The smallest absolute Gasteiger partial charge is 0.127 e. The van der Waals surface area contributed by atoms with Gasteiger partial charge in [-0.2, -0.15) is 0 Å². The Labute approximate surface area is 154 Å². The molecule has 0 bridgehead atoms. The molecule has 3 aromatic carbocycles. The van der Waals surface area contributed by atoms with Crippen molar-refractivity contribution in [1.29, 1.82) is 0 Å². The third kappa shape index (κ3) is 2.64. The largest absolute Gasteiger partial charge is 0.488 e. The average molecular weight is 338 g/mol. The zero-order valence-electron chi connectivity index (χ0n) is 14.9. The summed E-state index contributed by atoms with van der Waals surface area (Å²) in [4.78, 5) is 0. The van der Waals surface area contributed by atoms with Crippen LogP contribution in [0.4, 0.5) is 0 Å². The number of hydrogen-bond donors (Lipinski definition) is 0. The van der Waals surface area contributed by atoms with Crippen LogP contribution in [0.1, 0.15) is 29.5 Å². The van der Waals surface area contributed by atoms with Gasteiger partial charge in [-0.3, -0.25) is 0 Å². The van der Waals surface area contributed by atoms with Gasteiger partial charge in [-0.1, -0.05) is 66.7 Å². The van der Waals surface area contributed by atoms with Gasteiger partial charge >= 0.3 is 0 Å². The molecule has 0 fully saturated rings. The fraction of sp³-hybridized carbons (Fsp3) is 0.200. The molecule has 128 valence electrons. The van der Waals surface area contributed by atoms with E-state index in [9.17, 15) is 0 Å². The molecule has 0 aromatic heterocycles. The third-order valence-corrected chi connectivity index (χ3v) is 5.52. The van der Waals surface area contributed by atoms with Crippen LogP contribution in [0.2, 0.25) is 0 Å². The summed E-state index contributed by atoms with van der Waals surface area (Å²) in [5.74, 6) is 0.997. The summed E-state index contributed by atoms with van der Waals surface area (Å²) in [6.45, 7) is 0.605. The van der Waals surface area contributed by atoms with Crippen LogP contribution in [0.15, 0.2) is 60.7 Å². The summed E-state index contributed by atoms with van der Waals surface area (Å²) in [7, 11) is 0. The van der Waals surface area contributed by atoms with Crippen LogP contribution >= 0.6 is 0 Å². The quantitative estimate of drug-likeness (QED) is 0.688. The Morgan fingerprint density at radius 1 is 0.769 bits per heavy atom. The SMILES string of the molecule is C1=c2c(ccc3c2=CCc2cccc(OCc4ccccc4)c2-3)CCC1. The minimum absolute atomic E-state index is 0.605. The summed E-state index contributed by atoms with van der Waals surface area (Å²) < 4.78 is 6.27. The van der Waals surface area contributed by atoms with E-state index in [-0.39, 0.29) is 0 Å². The van der Waals surface area contributed by atoms with Gasteiger partial charge < -0.3 is 4.74 Å². The topological polar surface area (TPSA) is 9.23 Å². The molecule has 26 heavy (non-hydrogen) atoms. The molecule has 0 atom stereocenters. The Balaban J connectivity index is 1.60. The molecule has 2 aliphatic rings. The molecule has 5 rings (SSSR count). The fourth-order valence-electron chi connectivity index (χ4n) is 4.24. The number of benzene rings is 3. The van der Waals surface area contributed by atoms with Crippen molar-refractivity contribution in [3.8, 4) is 16.9 Å². The van der Waals surface area contributed by atoms with Gasteiger partial charge in [0.05, 0.1) is 0 Å². The van der Waals surface area contributed by atoms with Gasteiger partial charge in [-0.25, -0.2) is 0 Å². The van der Waals surface area contributed by atoms with Crippen LogP contribution in [-0.2, 0) is 19.4 Å². The first kappa shape index (κ1) is 15.5. The highest BCUT2D eigenvalue weighted by Gasteiger charge is 2.18. The van der Waals surface area contributed by atoms with Crippen molar-refractivity contribution in [1.82, 2.24) is 0 Å². The minimum Gasteiger partial charge on any atom is -0.488 e. The Morgan fingerprint density at radius 3 is 2.62 bits per heavy atom. The lowest BCUT2D eigenvalue weighted by atomic mass is 9.86. The summed E-state index contributed by atoms with van der Waals surface area (Å²) in [6.07, 6.45) is 9.47. The molecule has 0 heterocycles. The highest BCUT2D eigenvalue weighted by Crippen LogP contribution is 2.34. The van der Waals surface area contributed by atoms with E-state index < -0.39 is 0 Å². The zero-order chi connectivity index (χ0) is 17.3. The molecule has 0 aliphatic heterocycles. The fourth-order valence-corrected chi connectivity index (χ4v) is 4.24. The van der Waals surface area contributed by atoms with Crippen molar-refractivity contribution < 1.29 is 4.74 Å². The zero-order valence-corrected chi connectivity index (χ0v) is 14.9. The van der Waals surface area contributed by atoms with E-state index in [4.69, 9.17) is 4.74 Å². The summed E-state index contributed by atoms with van der Waals surface area (Å²) in [5, 5.41) is 2.86. The van der Waals surface area contributed by atoms with Crippen molar-refractivity contribution >= 4 is 12.2 Å². The normalized spacial score (nSPS) is 14.3. The van der Waals surface area contributed by atoms with Gasteiger partial charge in [-0.05, 0) is 64.4 Å².